The van der Waals surface area contributed by atoms with Crippen LogP contribution in [0.25, 0.3) is 10.2 Å². The van der Waals surface area contributed by atoms with Gasteiger partial charge in [0.2, 0.25) is 0 Å². The van der Waals surface area contributed by atoms with Crippen molar-refractivity contribution in [1.29, 1.82) is 0 Å². The zero-order valence-corrected chi connectivity index (χ0v) is 12.3. The van der Waals surface area contributed by atoms with Crippen LogP contribution in [-0.4, -0.2) is 28.6 Å². The zero-order valence-electron chi connectivity index (χ0n) is 11.5. The average molecular weight is 276 g/mol. The first kappa shape index (κ1) is 12.8. The largest absolute Gasteiger partial charge is 0.351 e. The first-order valence-electron chi connectivity index (χ1n) is 6.89. The third kappa shape index (κ3) is 2.21. The summed E-state index contributed by atoms with van der Waals surface area (Å²) in [5.74, 6) is 1.07. The van der Waals surface area contributed by atoms with Crippen LogP contribution >= 0.6 is 11.3 Å². The minimum Gasteiger partial charge on any atom is -0.351 e. The molecule has 2 aromatic rings. The summed E-state index contributed by atoms with van der Waals surface area (Å²) in [5.41, 5.74) is 8.48. The van der Waals surface area contributed by atoms with Crippen LogP contribution in [0, 0.1) is 6.92 Å². The third-order valence-corrected chi connectivity index (χ3v) is 5.02. The van der Waals surface area contributed by atoms with Crippen LogP contribution in [0.1, 0.15) is 31.7 Å². The molecule has 3 rings (SSSR count). The molecule has 0 aliphatic carbocycles. The number of thiophene rings is 1. The molecule has 0 aromatic carbocycles. The Labute approximate surface area is 117 Å². The van der Waals surface area contributed by atoms with Gasteiger partial charge in [0.15, 0.2) is 0 Å². The number of nitrogens with two attached hydrogens (primary N) is 1. The number of aromatic nitrogens is 2. The van der Waals surface area contributed by atoms with E-state index in [1.54, 1.807) is 17.7 Å². The number of anilines is 1. The number of hydrogen-bond acceptors (Lipinski definition) is 5. The lowest BCUT2D eigenvalue weighted by Crippen LogP contribution is -2.49. The van der Waals surface area contributed by atoms with Crippen molar-refractivity contribution in [3.63, 3.8) is 0 Å². The lowest BCUT2D eigenvalue weighted by molar-refractivity contribution is 0.412. The Balaban J connectivity index is 2.07. The summed E-state index contributed by atoms with van der Waals surface area (Å²) in [5, 5.41) is 2.16. The first-order chi connectivity index (χ1) is 9.18. The maximum Gasteiger partial charge on any atom is 0.150 e. The van der Waals surface area contributed by atoms with Gasteiger partial charge in [-0.25, -0.2) is 9.97 Å². The number of nitrogens with zero attached hydrogens (tertiary/aromatic N) is 3. The Morgan fingerprint density at radius 1 is 1.42 bits per heavy atom. The van der Waals surface area contributed by atoms with E-state index < -0.39 is 0 Å². The Hall–Kier alpha value is -1.20. The summed E-state index contributed by atoms with van der Waals surface area (Å²) in [7, 11) is 0. The summed E-state index contributed by atoms with van der Waals surface area (Å²) in [6.45, 7) is 5.26. The molecule has 1 aliphatic rings. The zero-order chi connectivity index (χ0) is 13.4. The van der Waals surface area contributed by atoms with Gasteiger partial charge in [-0.1, -0.05) is 0 Å². The molecule has 0 radical (unpaired) electrons. The molecule has 3 heterocycles. The molecule has 5 heteroatoms. The lowest BCUT2D eigenvalue weighted by Gasteiger charge is -2.39. The van der Waals surface area contributed by atoms with Crippen LogP contribution in [0.15, 0.2) is 11.7 Å². The Kier molecular flexibility index (Phi) is 3.41. The number of fused-ring (bicyclic) bond motifs is 1. The number of hydrogen-bond donors (Lipinski definition) is 1. The summed E-state index contributed by atoms with van der Waals surface area (Å²) in [6, 6.07) is 0.570. The lowest BCUT2D eigenvalue weighted by atomic mass is 9.97. The van der Waals surface area contributed by atoms with Crippen LogP contribution < -0.4 is 10.6 Å². The van der Waals surface area contributed by atoms with Crippen molar-refractivity contribution in [2.45, 2.75) is 45.2 Å². The second-order valence-corrected chi connectivity index (χ2v) is 6.29. The molecule has 1 saturated heterocycles. The SMILES string of the molecule is Cc1csc2c(N3CCCCC3C(C)N)ncnc12. The molecular formula is C14H20N4S. The standard InChI is InChI=1S/C14H20N4S/c1-9-7-19-13-12(9)16-8-17-14(13)18-6-4-3-5-11(18)10(2)15/h7-8,10-11H,3-6,15H2,1-2H3. The summed E-state index contributed by atoms with van der Waals surface area (Å²) >= 11 is 1.74. The highest BCUT2D eigenvalue weighted by Gasteiger charge is 2.28. The maximum atomic E-state index is 6.16. The summed E-state index contributed by atoms with van der Waals surface area (Å²) < 4.78 is 1.20. The van der Waals surface area contributed by atoms with E-state index in [4.69, 9.17) is 5.73 Å². The summed E-state index contributed by atoms with van der Waals surface area (Å²) in [4.78, 5) is 11.4. The normalized spacial score (nSPS) is 21.8. The van der Waals surface area contributed by atoms with Crippen LogP contribution in [-0.2, 0) is 0 Å². The molecule has 4 nitrogen and oxygen atoms in total. The molecule has 102 valence electrons. The van der Waals surface area contributed by atoms with Crippen LogP contribution in [0.2, 0.25) is 0 Å². The molecule has 1 fully saturated rings. The van der Waals surface area contributed by atoms with Crippen molar-refractivity contribution in [2.24, 2.45) is 5.73 Å². The quantitative estimate of drug-likeness (QED) is 0.916. The molecule has 2 N–H and O–H groups in total. The van der Waals surface area contributed by atoms with Crippen molar-refractivity contribution in [3.8, 4) is 0 Å². The minimum absolute atomic E-state index is 0.173. The van der Waals surface area contributed by atoms with Gasteiger partial charge in [-0.05, 0) is 44.1 Å². The molecule has 0 amide bonds. The molecule has 2 aromatic heterocycles. The van der Waals surface area contributed by atoms with E-state index in [-0.39, 0.29) is 6.04 Å². The predicted molar refractivity (Wildman–Crippen MR) is 80.8 cm³/mol. The number of aryl methyl sites for hydroxylation is 1. The van der Waals surface area contributed by atoms with Gasteiger partial charge >= 0.3 is 0 Å². The van der Waals surface area contributed by atoms with Gasteiger partial charge in [-0.2, -0.15) is 0 Å². The minimum atomic E-state index is 0.173. The maximum absolute atomic E-state index is 6.16. The molecule has 19 heavy (non-hydrogen) atoms. The fourth-order valence-corrected chi connectivity index (χ4v) is 3.94. The monoisotopic (exact) mass is 276 g/mol. The molecule has 2 unspecified atom stereocenters. The molecule has 0 saturated carbocycles. The third-order valence-electron chi connectivity index (χ3n) is 3.94. The number of rotatable bonds is 2. The van der Waals surface area contributed by atoms with Crippen LogP contribution in [0.4, 0.5) is 5.82 Å². The van der Waals surface area contributed by atoms with Gasteiger partial charge in [0.05, 0.1) is 10.2 Å². The average Bonchev–Trinajstić information content (AvgIpc) is 2.81. The second-order valence-electron chi connectivity index (χ2n) is 5.41. The van der Waals surface area contributed by atoms with Gasteiger partial charge in [0.1, 0.15) is 12.1 Å². The van der Waals surface area contributed by atoms with Crippen molar-refractivity contribution in [3.05, 3.63) is 17.3 Å². The van der Waals surface area contributed by atoms with Gasteiger partial charge in [-0.15, -0.1) is 11.3 Å². The Morgan fingerprint density at radius 3 is 3.05 bits per heavy atom. The smallest absolute Gasteiger partial charge is 0.150 e. The van der Waals surface area contributed by atoms with Crippen molar-refractivity contribution < 1.29 is 0 Å². The van der Waals surface area contributed by atoms with E-state index in [1.165, 1.54) is 23.1 Å². The Morgan fingerprint density at radius 2 is 2.26 bits per heavy atom. The van der Waals surface area contributed by atoms with E-state index in [1.807, 2.05) is 0 Å². The van der Waals surface area contributed by atoms with E-state index in [2.05, 4.69) is 34.1 Å². The molecule has 1 aliphatic heterocycles. The van der Waals surface area contributed by atoms with Gasteiger partial charge in [0, 0.05) is 18.6 Å². The van der Waals surface area contributed by atoms with Gasteiger partial charge in [0.25, 0.3) is 0 Å². The highest BCUT2D eigenvalue weighted by Crippen LogP contribution is 2.34. The highest BCUT2D eigenvalue weighted by atomic mass is 32.1. The van der Waals surface area contributed by atoms with Crippen molar-refractivity contribution >= 4 is 27.4 Å². The van der Waals surface area contributed by atoms with E-state index in [0.717, 1.165) is 24.3 Å². The topological polar surface area (TPSA) is 55.0 Å². The van der Waals surface area contributed by atoms with E-state index in [9.17, 15) is 0 Å². The van der Waals surface area contributed by atoms with E-state index in [0.29, 0.717) is 6.04 Å². The fraction of sp³-hybridized carbons (Fsp3) is 0.571. The summed E-state index contributed by atoms with van der Waals surface area (Å²) in [6.07, 6.45) is 5.33. The highest BCUT2D eigenvalue weighted by molar-refractivity contribution is 7.18. The van der Waals surface area contributed by atoms with E-state index >= 15 is 0 Å². The molecular weight excluding hydrogens is 256 g/mol. The second kappa shape index (κ2) is 5.06. The fourth-order valence-electron chi connectivity index (χ4n) is 2.93. The van der Waals surface area contributed by atoms with Crippen molar-refractivity contribution in [2.75, 3.05) is 11.4 Å². The van der Waals surface area contributed by atoms with Gasteiger partial charge in [-0.3, -0.25) is 0 Å². The first-order valence-corrected chi connectivity index (χ1v) is 7.77. The predicted octanol–water partition coefficient (Wildman–Crippen LogP) is 2.71. The Bertz CT molecular complexity index is 578. The molecule has 0 bridgehead atoms. The number of piperidine rings is 1. The van der Waals surface area contributed by atoms with Crippen molar-refractivity contribution in [1.82, 2.24) is 9.97 Å². The molecule has 2 atom stereocenters. The van der Waals surface area contributed by atoms with Gasteiger partial charge < -0.3 is 10.6 Å². The molecule has 0 spiro atoms. The van der Waals surface area contributed by atoms with Crippen LogP contribution in [0.5, 0.6) is 0 Å². The van der Waals surface area contributed by atoms with Crippen LogP contribution in [0.3, 0.4) is 0 Å².